The number of aromatic nitrogens is 2. The number of benzene rings is 1. The smallest absolute Gasteiger partial charge is 0.259 e. The molecule has 1 amide bonds. The first kappa shape index (κ1) is 24.3. The van der Waals surface area contributed by atoms with E-state index >= 15 is 0 Å². The third-order valence-corrected chi connectivity index (χ3v) is 7.04. The standard InChI is InChI=1S/C22H31FN4O4S/c1-21(2,3)18-14-19(27(25-18)22(4,5)6)24-20(28)16-13-15(7-8-17(16)23)32(29,30)26-9-11-31-12-10-26/h7-8,13-14H,9-12H2,1-6H3,(H,24,28). The highest BCUT2D eigenvalue weighted by Crippen LogP contribution is 2.29. The van der Waals surface area contributed by atoms with Gasteiger partial charge in [-0.25, -0.2) is 17.5 Å². The zero-order valence-electron chi connectivity index (χ0n) is 19.4. The van der Waals surface area contributed by atoms with Crippen molar-refractivity contribution in [1.29, 1.82) is 0 Å². The third kappa shape index (κ3) is 5.02. The molecule has 8 nitrogen and oxygen atoms in total. The minimum Gasteiger partial charge on any atom is -0.379 e. The van der Waals surface area contributed by atoms with Gasteiger partial charge in [0.1, 0.15) is 11.6 Å². The lowest BCUT2D eigenvalue weighted by molar-refractivity contribution is 0.0730. The molecule has 0 saturated carbocycles. The van der Waals surface area contributed by atoms with Crippen LogP contribution in [0.25, 0.3) is 0 Å². The number of nitrogens with one attached hydrogen (secondary N) is 1. The second-order valence-electron chi connectivity index (χ2n) is 9.86. The van der Waals surface area contributed by atoms with Crippen LogP contribution in [0.5, 0.6) is 0 Å². The van der Waals surface area contributed by atoms with Crippen molar-refractivity contribution in [2.75, 3.05) is 31.6 Å². The third-order valence-electron chi connectivity index (χ3n) is 5.15. The lowest BCUT2D eigenvalue weighted by atomic mass is 9.92. The number of amides is 1. The molecule has 2 aromatic rings. The summed E-state index contributed by atoms with van der Waals surface area (Å²) in [6.45, 7) is 12.9. The van der Waals surface area contributed by atoms with Crippen molar-refractivity contribution in [1.82, 2.24) is 14.1 Å². The molecule has 0 bridgehead atoms. The molecular formula is C22H31FN4O4S. The second kappa shape index (κ2) is 8.57. The van der Waals surface area contributed by atoms with Crippen molar-refractivity contribution in [3.8, 4) is 0 Å². The molecule has 0 aliphatic carbocycles. The van der Waals surface area contributed by atoms with Gasteiger partial charge in [-0.05, 0) is 39.0 Å². The number of carbonyl (C=O) groups excluding carboxylic acids is 1. The number of anilines is 1. The monoisotopic (exact) mass is 466 g/mol. The van der Waals surface area contributed by atoms with E-state index < -0.39 is 27.3 Å². The Kier molecular flexibility index (Phi) is 6.52. The van der Waals surface area contributed by atoms with Gasteiger partial charge in [0.05, 0.1) is 34.9 Å². The molecule has 1 aliphatic rings. The van der Waals surface area contributed by atoms with Gasteiger partial charge >= 0.3 is 0 Å². The Morgan fingerprint density at radius 1 is 1.09 bits per heavy atom. The van der Waals surface area contributed by atoms with Gasteiger partial charge in [-0.15, -0.1) is 0 Å². The van der Waals surface area contributed by atoms with Gasteiger partial charge in [-0.2, -0.15) is 9.40 Å². The molecule has 10 heteroatoms. The highest BCUT2D eigenvalue weighted by atomic mass is 32.2. The fourth-order valence-electron chi connectivity index (χ4n) is 3.31. The molecule has 0 radical (unpaired) electrons. The molecule has 1 aliphatic heterocycles. The van der Waals surface area contributed by atoms with Crippen LogP contribution in [-0.4, -0.2) is 54.7 Å². The Labute approximate surface area is 188 Å². The van der Waals surface area contributed by atoms with Crippen LogP contribution in [0.3, 0.4) is 0 Å². The van der Waals surface area contributed by atoms with Crippen LogP contribution in [0, 0.1) is 5.82 Å². The van der Waals surface area contributed by atoms with Crippen LogP contribution in [0.1, 0.15) is 57.6 Å². The number of halogens is 1. The number of sulfonamides is 1. The second-order valence-corrected chi connectivity index (χ2v) is 11.8. The Balaban J connectivity index is 1.95. The molecule has 176 valence electrons. The van der Waals surface area contributed by atoms with Gasteiger partial charge in [-0.1, -0.05) is 20.8 Å². The van der Waals surface area contributed by atoms with Crippen molar-refractivity contribution in [3.05, 3.63) is 41.3 Å². The number of ether oxygens (including phenoxy) is 1. The topological polar surface area (TPSA) is 93.5 Å². The minimum absolute atomic E-state index is 0.134. The van der Waals surface area contributed by atoms with E-state index in [1.165, 1.54) is 10.4 Å². The first-order valence-corrected chi connectivity index (χ1v) is 11.9. The molecule has 1 aromatic carbocycles. The van der Waals surface area contributed by atoms with Crippen LogP contribution >= 0.6 is 0 Å². The fourth-order valence-corrected chi connectivity index (χ4v) is 4.74. The summed E-state index contributed by atoms with van der Waals surface area (Å²) in [4.78, 5) is 12.9. The Bertz CT molecular complexity index is 1110. The molecule has 1 fully saturated rings. The van der Waals surface area contributed by atoms with E-state index in [4.69, 9.17) is 4.74 Å². The van der Waals surface area contributed by atoms with Crippen molar-refractivity contribution in [2.24, 2.45) is 0 Å². The van der Waals surface area contributed by atoms with Gasteiger partial charge in [-0.3, -0.25) is 4.79 Å². The van der Waals surface area contributed by atoms with Crippen molar-refractivity contribution in [3.63, 3.8) is 0 Å². The maximum absolute atomic E-state index is 14.6. The quantitative estimate of drug-likeness (QED) is 0.746. The van der Waals surface area contributed by atoms with E-state index in [2.05, 4.69) is 10.4 Å². The van der Waals surface area contributed by atoms with Crippen molar-refractivity contribution < 1.29 is 22.3 Å². The van der Waals surface area contributed by atoms with Gasteiger partial charge in [0.15, 0.2) is 0 Å². The molecule has 0 unspecified atom stereocenters. The van der Waals surface area contributed by atoms with Crippen molar-refractivity contribution in [2.45, 2.75) is 57.4 Å². The van der Waals surface area contributed by atoms with Crippen molar-refractivity contribution >= 4 is 21.7 Å². The summed E-state index contributed by atoms with van der Waals surface area (Å²) in [7, 11) is -3.87. The molecule has 32 heavy (non-hydrogen) atoms. The van der Waals surface area contributed by atoms with Crippen LogP contribution in [0.2, 0.25) is 0 Å². The summed E-state index contributed by atoms with van der Waals surface area (Å²) < 4.78 is 48.6. The molecule has 1 aromatic heterocycles. The fraction of sp³-hybridized carbons (Fsp3) is 0.545. The normalized spacial score (nSPS) is 16.2. The first-order chi connectivity index (χ1) is 14.7. The first-order valence-electron chi connectivity index (χ1n) is 10.5. The van der Waals surface area contributed by atoms with E-state index in [-0.39, 0.29) is 29.0 Å². The molecule has 1 saturated heterocycles. The molecule has 1 N–H and O–H groups in total. The average Bonchev–Trinajstić information content (AvgIpc) is 3.13. The van der Waals surface area contributed by atoms with Crippen LogP contribution in [-0.2, 0) is 25.7 Å². The van der Waals surface area contributed by atoms with E-state index in [1.807, 2.05) is 41.5 Å². The summed E-state index contributed by atoms with van der Waals surface area (Å²) in [5.41, 5.74) is -0.273. The van der Waals surface area contributed by atoms with Crippen LogP contribution in [0.4, 0.5) is 10.2 Å². The predicted octanol–water partition coefficient (Wildman–Crippen LogP) is 3.35. The maximum atomic E-state index is 14.6. The van der Waals surface area contributed by atoms with Crippen LogP contribution in [0.15, 0.2) is 29.2 Å². The predicted molar refractivity (Wildman–Crippen MR) is 120 cm³/mol. The highest BCUT2D eigenvalue weighted by Gasteiger charge is 2.29. The molecule has 0 atom stereocenters. The number of morpholine rings is 1. The minimum atomic E-state index is -3.87. The summed E-state index contributed by atoms with van der Waals surface area (Å²) >= 11 is 0. The van der Waals surface area contributed by atoms with Gasteiger partial charge in [0, 0.05) is 24.6 Å². The average molecular weight is 467 g/mol. The van der Waals surface area contributed by atoms with Crippen LogP contribution < -0.4 is 5.32 Å². The number of hydrogen-bond acceptors (Lipinski definition) is 5. The van der Waals surface area contributed by atoms with E-state index in [0.717, 1.165) is 17.8 Å². The Morgan fingerprint density at radius 2 is 1.72 bits per heavy atom. The molecular weight excluding hydrogens is 435 g/mol. The van der Waals surface area contributed by atoms with E-state index in [1.54, 1.807) is 10.7 Å². The Hall–Kier alpha value is -2.30. The summed E-state index contributed by atoms with van der Waals surface area (Å²) in [5.74, 6) is -1.14. The summed E-state index contributed by atoms with van der Waals surface area (Å²) in [6.07, 6.45) is 0. The molecule has 3 rings (SSSR count). The Morgan fingerprint density at radius 3 is 2.28 bits per heavy atom. The molecule has 2 heterocycles. The molecule has 0 spiro atoms. The summed E-state index contributed by atoms with van der Waals surface area (Å²) in [5, 5.41) is 7.35. The number of rotatable bonds is 4. The number of carbonyl (C=O) groups is 1. The van der Waals surface area contributed by atoms with Gasteiger partial charge in [0.2, 0.25) is 10.0 Å². The zero-order valence-corrected chi connectivity index (χ0v) is 20.2. The van der Waals surface area contributed by atoms with Gasteiger partial charge in [0.25, 0.3) is 5.91 Å². The van der Waals surface area contributed by atoms with E-state index in [9.17, 15) is 17.6 Å². The summed E-state index contributed by atoms with van der Waals surface area (Å²) in [6, 6.07) is 5.02. The zero-order chi connectivity index (χ0) is 23.9. The SMILES string of the molecule is CC(C)(C)c1cc(NC(=O)c2cc(S(=O)(=O)N3CCOCC3)ccc2F)n(C(C)(C)C)n1. The number of nitrogens with zero attached hydrogens (tertiary/aromatic N) is 3. The van der Waals surface area contributed by atoms with E-state index in [0.29, 0.717) is 19.0 Å². The van der Waals surface area contributed by atoms with Gasteiger partial charge < -0.3 is 10.1 Å². The maximum Gasteiger partial charge on any atom is 0.259 e. The number of hydrogen-bond donors (Lipinski definition) is 1. The highest BCUT2D eigenvalue weighted by molar-refractivity contribution is 7.89. The lowest BCUT2D eigenvalue weighted by Crippen LogP contribution is -2.40. The lowest BCUT2D eigenvalue weighted by Gasteiger charge is -2.26. The largest absolute Gasteiger partial charge is 0.379 e.